The first kappa shape index (κ1) is 23.2. The summed E-state index contributed by atoms with van der Waals surface area (Å²) in [6.45, 7) is 8.89. The summed E-state index contributed by atoms with van der Waals surface area (Å²) in [6, 6.07) is 9.05. The van der Waals surface area contributed by atoms with Crippen molar-refractivity contribution in [2.75, 3.05) is 18.2 Å². The average molecular weight is 445 g/mol. The minimum atomic E-state index is -3.23. The highest BCUT2D eigenvalue weighted by molar-refractivity contribution is 7.93. The van der Waals surface area contributed by atoms with E-state index in [0.29, 0.717) is 22.9 Å². The van der Waals surface area contributed by atoms with Gasteiger partial charge in [0.1, 0.15) is 5.75 Å². The third-order valence-corrected chi connectivity index (χ3v) is 6.16. The van der Waals surface area contributed by atoms with Crippen LogP contribution in [0.3, 0.4) is 0 Å². The largest absolute Gasteiger partial charge is 0.507 e. The van der Waals surface area contributed by atoms with Gasteiger partial charge in [0.25, 0.3) is 0 Å². The van der Waals surface area contributed by atoms with Gasteiger partial charge >= 0.3 is 0 Å². The van der Waals surface area contributed by atoms with E-state index in [-0.39, 0.29) is 16.8 Å². The minimum absolute atomic E-state index is 0.0212. The van der Waals surface area contributed by atoms with E-state index in [1.807, 2.05) is 19.2 Å². The first-order valence-electron chi connectivity index (χ1n) is 10.3. The summed E-state index contributed by atoms with van der Waals surface area (Å²) in [7, 11) is -1.18. The molecule has 7 nitrogen and oxygen atoms in total. The van der Waals surface area contributed by atoms with Crippen LogP contribution in [0, 0.1) is 0 Å². The zero-order valence-corrected chi connectivity index (χ0v) is 19.9. The fraction of sp³-hybridized carbons (Fsp3) is 0.478. The molecule has 0 atom stereocenters. The fourth-order valence-corrected chi connectivity index (χ4v) is 4.86. The third-order valence-electron chi connectivity index (χ3n) is 5.53. The lowest BCUT2D eigenvalue weighted by atomic mass is 9.79. The quantitative estimate of drug-likeness (QED) is 0.727. The topological polar surface area (TPSA) is 95.4 Å². The van der Waals surface area contributed by atoms with E-state index in [1.165, 1.54) is 12.1 Å². The SMILES string of the molecule is CN(c1ccc(-c2ccc(/C=C/S(C)(=O)=O)cc2O)nn1)C1CC(C)(C)NC(C)(C)C1. The van der Waals surface area contributed by atoms with Crippen LogP contribution in [0.4, 0.5) is 5.82 Å². The highest BCUT2D eigenvalue weighted by Crippen LogP contribution is 2.33. The first-order chi connectivity index (χ1) is 14.2. The van der Waals surface area contributed by atoms with Gasteiger partial charge in [-0.2, -0.15) is 0 Å². The number of phenolic OH excluding ortho intramolecular Hbond substituents is 1. The molecular formula is C23H32N4O3S. The second kappa shape index (κ2) is 8.24. The highest BCUT2D eigenvalue weighted by atomic mass is 32.2. The number of benzene rings is 1. The van der Waals surface area contributed by atoms with E-state index in [0.717, 1.165) is 30.3 Å². The van der Waals surface area contributed by atoms with Crippen molar-refractivity contribution < 1.29 is 13.5 Å². The number of hydrogen-bond donors (Lipinski definition) is 2. The van der Waals surface area contributed by atoms with Crippen LogP contribution in [0.1, 0.15) is 46.1 Å². The molecule has 0 amide bonds. The fourth-order valence-electron chi connectivity index (χ4n) is 4.46. The molecule has 2 aromatic rings. The van der Waals surface area contributed by atoms with E-state index in [2.05, 4.69) is 48.1 Å². The van der Waals surface area contributed by atoms with Crippen LogP contribution in [0.2, 0.25) is 0 Å². The molecule has 2 heterocycles. The van der Waals surface area contributed by atoms with Crippen LogP contribution in [-0.4, -0.2) is 54.1 Å². The second-order valence-electron chi connectivity index (χ2n) is 9.75. The van der Waals surface area contributed by atoms with Gasteiger partial charge in [-0.1, -0.05) is 6.07 Å². The molecule has 0 bridgehead atoms. The Balaban J connectivity index is 1.79. The van der Waals surface area contributed by atoms with Gasteiger partial charge in [0.15, 0.2) is 15.7 Å². The number of nitrogens with one attached hydrogen (secondary N) is 1. The maximum Gasteiger partial charge on any atom is 0.168 e. The van der Waals surface area contributed by atoms with Crippen LogP contribution >= 0.6 is 0 Å². The number of piperidine rings is 1. The minimum Gasteiger partial charge on any atom is -0.507 e. The maximum absolute atomic E-state index is 11.3. The van der Waals surface area contributed by atoms with Crippen LogP contribution in [0.25, 0.3) is 17.3 Å². The summed E-state index contributed by atoms with van der Waals surface area (Å²) in [5.74, 6) is 0.808. The smallest absolute Gasteiger partial charge is 0.168 e. The first-order valence-corrected chi connectivity index (χ1v) is 12.3. The molecule has 1 aromatic heterocycles. The summed E-state index contributed by atoms with van der Waals surface area (Å²) in [5, 5.41) is 23.9. The lowest BCUT2D eigenvalue weighted by Gasteiger charge is -2.49. The Kier molecular flexibility index (Phi) is 6.17. The Bertz CT molecular complexity index is 1060. The van der Waals surface area contributed by atoms with Gasteiger partial charge in [-0.25, -0.2) is 8.42 Å². The van der Waals surface area contributed by atoms with Crippen LogP contribution in [0.15, 0.2) is 35.7 Å². The van der Waals surface area contributed by atoms with Crippen molar-refractivity contribution in [2.24, 2.45) is 0 Å². The molecule has 0 radical (unpaired) electrons. The number of phenols is 1. The Morgan fingerprint density at radius 3 is 2.26 bits per heavy atom. The standard InChI is InChI=1S/C23H32N4O3S/c1-22(2)14-17(15-23(3,4)26-22)27(5)21-10-9-19(24-25-21)18-8-7-16(13-20(18)28)11-12-31(6,29)30/h7-13,17,26,28H,14-15H2,1-6H3/b12-11+. The summed E-state index contributed by atoms with van der Waals surface area (Å²) in [5.41, 5.74) is 1.76. The predicted molar refractivity (Wildman–Crippen MR) is 126 cm³/mol. The molecule has 168 valence electrons. The molecule has 0 unspecified atom stereocenters. The number of aromatic hydroxyl groups is 1. The molecule has 3 rings (SSSR count). The number of rotatable bonds is 5. The molecule has 1 aromatic carbocycles. The predicted octanol–water partition coefficient (Wildman–Crippen LogP) is 3.61. The van der Waals surface area contributed by atoms with E-state index >= 15 is 0 Å². The van der Waals surface area contributed by atoms with E-state index < -0.39 is 9.84 Å². The molecule has 1 aliphatic heterocycles. The Morgan fingerprint density at radius 2 is 1.74 bits per heavy atom. The van der Waals surface area contributed by atoms with Gasteiger partial charge < -0.3 is 15.3 Å². The number of nitrogens with zero attached hydrogens (tertiary/aromatic N) is 3. The van der Waals surface area contributed by atoms with Gasteiger partial charge in [-0.15, -0.1) is 10.2 Å². The van der Waals surface area contributed by atoms with Gasteiger partial charge in [-0.3, -0.25) is 0 Å². The second-order valence-corrected chi connectivity index (χ2v) is 11.7. The Morgan fingerprint density at radius 1 is 1.10 bits per heavy atom. The van der Waals surface area contributed by atoms with E-state index in [9.17, 15) is 13.5 Å². The molecular weight excluding hydrogens is 412 g/mol. The highest BCUT2D eigenvalue weighted by Gasteiger charge is 2.39. The summed E-state index contributed by atoms with van der Waals surface area (Å²) in [6.07, 6.45) is 4.57. The van der Waals surface area contributed by atoms with Gasteiger partial charge in [-0.05, 0) is 76.4 Å². The average Bonchev–Trinajstić information content (AvgIpc) is 2.63. The summed E-state index contributed by atoms with van der Waals surface area (Å²) in [4.78, 5) is 2.18. The van der Waals surface area contributed by atoms with E-state index in [1.54, 1.807) is 12.1 Å². The van der Waals surface area contributed by atoms with Crippen molar-refractivity contribution in [1.82, 2.24) is 15.5 Å². The number of hydrogen-bond acceptors (Lipinski definition) is 7. The molecule has 0 saturated carbocycles. The molecule has 1 aliphatic rings. The summed E-state index contributed by atoms with van der Waals surface area (Å²) >= 11 is 0. The summed E-state index contributed by atoms with van der Waals surface area (Å²) < 4.78 is 22.6. The molecule has 2 N–H and O–H groups in total. The Hall–Kier alpha value is -2.45. The normalized spacial score (nSPS) is 18.9. The lowest BCUT2D eigenvalue weighted by Crippen LogP contribution is -2.62. The zero-order valence-electron chi connectivity index (χ0n) is 19.0. The van der Waals surface area contributed by atoms with Gasteiger partial charge in [0.2, 0.25) is 0 Å². The Labute approximate surface area is 185 Å². The van der Waals surface area contributed by atoms with Crippen molar-refractivity contribution in [3.05, 3.63) is 41.3 Å². The van der Waals surface area contributed by atoms with Crippen molar-refractivity contribution in [1.29, 1.82) is 0 Å². The van der Waals surface area contributed by atoms with Crippen molar-refractivity contribution in [3.8, 4) is 17.0 Å². The number of aromatic nitrogens is 2. The van der Waals surface area contributed by atoms with E-state index in [4.69, 9.17) is 0 Å². The number of anilines is 1. The number of sulfone groups is 1. The lowest BCUT2D eigenvalue weighted by molar-refractivity contribution is 0.160. The van der Waals surface area contributed by atoms with Crippen LogP contribution in [0.5, 0.6) is 5.75 Å². The van der Waals surface area contributed by atoms with Crippen molar-refractivity contribution >= 4 is 21.7 Å². The third kappa shape index (κ3) is 6.04. The van der Waals surface area contributed by atoms with Crippen LogP contribution < -0.4 is 10.2 Å². The monoisotopic (exact) mass is 444 g/mol. The van der Waals surface area contributed by atoms with Crippen molar-refractivity contribution in [3.63, 3.8) is 0 Å². The van der Waals surface area contributed by atoms with Crippen LogP contribution in [-0.2, 0) is 9.84 Å². The molecule has 0 aliphatic carbocycles. The zero-order chi connectivity index (χ0) is 23.0. The molecule has 0 spiro atoms. The van der Waals surface area contributed by atoms with Crippen molar-refractivity contribution in [2.45, 2.75) is 57.7 Å². The molecule has 1 saturated heterocycles. The van der Waals surface area contributed by atoms with Gasteiger partial charge in [0, 0.05) is 41.4 Å². The van der Waals surface area contributed by atoms with Gasteiger partial charge in [0.05, 0.1) is 5.69 Å². The molecule has 31 heavy (non-hydrogen) atoms. The molecule has 1 fully saturated rings. The maximum atomic E-state index is 11.3. The molecule has 8 heteroatoms.